The fraction of sp³-hybridized carbons (Fsp3) is 0.655. The van der Waals surface area contributed by atoms with Gasteiger partial charge in [-0.05, 0) is 86.9 Å². The first-order valence-corrected chi connectivity index (χ1v) is 14.0. The van der Waals surface area contributed by atoms with E-state index in [-0.39, 0.29) is 11.9 Å². The van der Waals surface area contributed by atoms with E-state index >= 15 is 0 Å². The zero-order valence-corrected chi connectivity index (χ0v) is 24.6. The van der Waals surface area contributed by atoms with Crippen LogP contribution in [0, 0.1) is 0 Å². The van der Waals surface area contributed by atoms with Crippen LogP contribution in [-0.2, 0) is 14.3 Å². The van der Waals surface area contributed by atoms with Gasteiger partial charge in [-0.2, -0.15) is 0 Å². The third-order valence-corrected chi connectivity index (χ3v) is 6.42. The Morgan fingerprint density at radius 1 is 1.00 bits per heavy atom. The van der Waals surface area contributed by atoms with Gasteiger partial charge in [0.2, 0.25) is 5.91 Å². The van der Waals surface area contributed by atoms with E-state index in [4.69, 9.17) is 9.47 Å². The van der Waals surface area contributed by atoms with Crippen LogP contribution in [0.5, 0.6) is 0 Å². The molecule has 0 saturated carbocycles. The van der Waals surface area contributed by atoms with E-state index in [0.29, 0.717) is 24.3 Å². The van der Waals surface area contributed by atoms with E-state index in [1.54, 1.807) is 16.8 Å². The second-order valence-electron chi connectivity index (χ2n) is 12.3. The zero-order valence-electron chi connectivity index (χ0n) is 24.6. The quantitative estimate of drug-likeness (QED) is 0.373. The van der Waals surface area contributed by atoms with Gasteiger partial charge in [0.25, 0.3) is 0 Å². The Kier molecular flexibility index (Phi) is 9.98. The van der Waals surface area contributed by atoms with Crippen molar-refractivity contribution in [2.45, 2.75) is 104 Å². The highest BCUT2D eigenvalue weighted by atomic mass is 16.6. The van der Waals surface area contributed by atoms with E-state index in [9.17, 15) is 14.4 Å². The molecule has 0 unspecified atom stereocenters. The molecule has 2 amide bonds. The molecule has 3 rings (SSSR count). The number of nitrogens with one attached hydrogen (secondary N) is 2. The van der Waals surface area contributed by atoms with Gasteiger partial charge in [0, 0.05) is 36.3 Å². The summed E-state index contributed by atoms with van der Waals surface area (Å²) in [6.45, 7) is 12.6. The van der Waals surface area contributed by atoms with Crippen LogP contribution < -0.4 is 10.6 Å². The molecule has 1 fully saturated rings. The summed E-state index contributed by atoms with van der Waals surface area (Å²) >= 11 is 0. The number of ether oxygens (including phenoxy) is 2. The number of nitrogens with zero attached hydrogens (tertiary/aromatic N) is 3. The Labute approximate surface area is 231 Å². The van der Waals surface area contributed by atoms with Crippen LogP contribution in [0.1, 0.15) is 98.2 Å². The van der Waals surface area contributed by atoms with Gasteiger partial charge in [-0.1, -0.05) is 12.8 Å². The molecule has 1 aliphatic rings. The summed E-state index contributed by atoms with van der Waals surface area (Å²) in [5, 5.41) is 6.45. The van der Waals surface area contributed by atoms with Crippen molar-refractivity contribution in [1.82, 2.24) is 19.8 Å². The standard InChI is InChI=1S/C29H45N5O5/c1-28(2,3)38-26(36)30-15-11-9-8-10-14-25(35)32-24-18-22-20(19-31-24)17-23(21-13-12-16-33(21)7)34(22)27(37)39-29(4,5)6/h17-19,21H,8-16H2,1-7H3,(H,30,36)(H,31,32,35)/t21-/m0/s1. The number of likely N-dealkylation sites (tertiary alicyclic amines) is 1. The third kappa shape index (κ3) is 9.23. The molecule has 0 bridgehead atoms. The highest BCUT2D eigenvalue weighted by Gasteiger charge is 2.30. The summed E-state index contributed by atoms with van der Waals surface area (Å²) in [5.41, 5.74) is 0.403. The van der Waals surface area contributed by atoms with Gasteiger partial charge in [-0.15, -0.1) is 0 Å². The summed E-state index contributed by atoms with van der Waals surface area (Å²) in [4.78, 5) is 44.2. The van der Waals surface area contributed by atoms with Crippen LogP contribution in [0.25, 0.3) is 10.9 Å². The summed E-state index contributed by atoms with van der Waals surface area (Å²) in [5.74, 6) is 0.281. The average Bonchev–Trinajstić information content (AvgIpc) is 3.38. The monoisotopic (exact) mass is 543 g/mol. The number of fused-ring (bicyclic) bond motifs is 1. The van der Waals surface area contributed by atoms with Gasteiger partial charge in [0.05, 0.1) is 11.6 Å². The largest absolute Gasteiger partial charge is 0.444 e. The maximum absolute atomic E-state index is 13.3. The summed E-state index contributed by atoms with van der Waals surface area (Å²) < 4.78 is 12.6. The molecule has 1 saturated heterocycles. The molecular weight excluding hydrogens is 498 g/mol. The Hall–Kier alpha value is -3.14. The van der Waals surface area contributed by atoms with Gasteiger partial charge >= 0.3 is 12.2 Å². The predicted octanol–water partition coefficient (Wildman–Crippen LogP) is 6.00. The number of unbranched alkanes of at least 4 members (excludes halogenated alkanes) is 3. The maximum Gasteiger partial charge on any atom is 0.419 e. The van der Waals surface area contributed by atoms with Crippen molar-refractivity contribution in [3.8, 4) is 0 Å². The molecule has 2 aromatic heterocycles. The second-order valence-corrected chi connectivity index (χ2v) is 12.3. The Morgan fingerprint density at radius 2 is 1.69 bits per heavy atom. The summed E-state index contributed by atoms with van der Waals surface area (Å²) in [6, 6.07) is 3.86. The first-order valence-electron chi connectivity index (χ1n) is 14.0. The van der Waals surface area contributed by atoms with Crippen LogP contribution in [0.4, 0.5) is 15.4 Å². The molecule has 3 heterocycles. The van der Waals surface area contributed by atoms with Gasteiger partial charge in [-0.3, -0.25) is 9.69 Å². The minimum atomic E-state index is -0.637. The van der Waals surface area contributed by atoms with Crippen molar-refractivity contribution in [3.63, 3.8) is 0 Å². The van der Waals surface area contributed by atoms with E-state index in [2.05, 4.69) is 27.6 Å². The van der Waals surface area contributed by atoms with Crippen molar-refractivity contribution in [3.05, 3.63) is 24.0 Å². The minimum absolute atomic E-state index is 0.113. The molecule has 39 heavy (non-hydrogen) atoms. The van der Waals surface area contributed by atoms with Crippen molar-refractivity contribution >= 4 is 34.8 Å². The lowest BCUT2D eigenvalue weighted by Gasteiger charge is -2.24. The Bertz CT molecular complexity index is 1160. The molecule has 1 atom stereocenters. The molecule has 2 N–H and O–H groups in total. The number of anilines is 1. The highest BCUT2D eigenvalue weighted by molar-refractivity contribution is 5.95. The highest BCUT2D eigenvalue weighted by Crippen LogP contribution is 2.35. The fourth-order valence-corrected chi connectivity index (χ4v) is 4.71. The lowest BCUT2D eigenvalue weighted by atomic mass is 10.1. The fourth-order valence-electron chi connectivity index (χ4n) is 4.71. The smallest absolute Gasteiger partial charge is 0.419 e. The Balaban J connectivity index is 1.57. The van der Waals surface area contributed by atoms with Crippen LogP contribution >= 0.6 is 0 Å². The topological polar surface area (TPSA) is 115 Å². The van der Waals surface area contributed by atoms with Crippen molar-refractivity contribution in [1.29, 1.82) is 0 Å². The number of pyridine rings is 1. The zero-order chi connectivity index (χ0) is 28.8. The molecule has 1 aliphatic heterocycles. The van der Waals surface area contributed by atoms with Crippen molar-refractivity contribution in [2.75, 3.05) is 25.5 Å². The van der Waals surface area contributed by atoms with Gasteiger partial charge in [-0.25, -0.2) is 19.1 Å². The molecule has 216 valence electrons. The minimum Gasteiger partial charge on any atom is -0.444 e. The normalized spacial score (nSPS) is 16.3. The summed E-state index contributed by atoms with van der Waals surface area (Å²) in [7, 11) is 2.07. The van der Waals surface area contributed by atoms with Gasteiger partial charge in [0.15, 0.2) is 0 Å². The number of alkyl carbamates (subject to hydrolysis) is 1. The predicted molar refractivity (Wildman–Crippen MR) is 152 cm³/mol. The number of carbonyl (C=O) groups excluding carboxylic acids is 3. The molecule has 0 aromatic carbocycles. The SMILES string of the molecule is CN1CCC[C@H]1c1cc2cnc(NC(=O)CCCCCCNC(=O)OC(C)(C)C)cc2n1C(=O)OC(C)(C)C. The lowest BCUT2D eigenvalue weighted by molar-refractivity contribution is -0.116. The number of amides is 2. The first kappa shape index (κ1) is 30.4. The number of hydrogen-bond acceptors (Lipinski definition) is 7. The second kappa shape index (κ2) is 12.8. The first-order chi connectivity index (χ1) is 18.2. The van der Waals surface area contributed by atoms with Crippen LogP contribution in [0.15, 0.2) is 18.3 Å². The summed E-state index contributed by atoms with van der Waals surface area (Å²) in [6.07, 6.45) is 6.56. The van der Waals surface area contributed by atoms with Gasteiger partial charge < -0.3 is 20.1 Å². The molecular formula is C29H45N5O5. The molecule has 2 aromatic rings. The van der Waals surface area contributed by atoms with E-state index < -0.39 is 23.4 Å². The molecule has 0 spiro atoms. The third-order valence-electron chi connectivity index (χ3n) is 6.42. The molecule has 10 heteroatoms. The molecule has 10 nitrogen and oxygen atoms in total. The molecule has 0 aliphatic carbocycles. The van der Waals surface area contributed by atoms with E-state index in [1.165, 1.54) is 0 Å². The van der Waals surface area contributed by atoms with Crippen molar-refractivity contribution < 1.29 is 23.9 Å². The average molecular weight is 544 g/mol. The van der Waals surface area contributed by atoms with Crippen LogP contribution in [-0.4, -0.2) is 63.9 Å². The van der Waals surface area contributed by atoms with Crippen molar-refractivity contribution in [2.24, 2.45) is 0 Å². The van der Waals surface area contributed by atoms with E-state index in [0.717, 1.165) is 56.1 Å². The Morgan fingerprint density at radius 3 is 2.33 bits per heavy atom. The van der Waals surface area contributed by atoms with E-state index in [1.807, 2.05) is 47.6 Å². The maximum atomic E-state index is 13.3. The number of rotatable bonds is 9. The molecule has 0 radical (unpaired) electrons. The van der Waals surface area contributed by atoms with Crippen LogP contribution in [0.3, 0.4) is 0 Å². The number of hydrogen-bond donors (Lipinski definition) is 2. The lowest BCUT2D eigenvalue weighted by Crippen LogP contribution is -2.32. The number of carbonyl (C=O) groups is 3. The number of aromatic nitrogens is 2. The van der Waals surface area contributed by atoms with Gasteiger partial charge in [0.1, 0.15) is 17.0 Å². The van der Waals surface area contributed by atoms with Crippen LogP contribution in [0.2, 0.25) is 0 Å².